The van der Waals surface area contributed by atoms with Crippen molar-refractivity contribution >= 4 is 16.2 Å². The second-order valence-corrected chi connectivity index (χ2v) is 7.94. The number of esters is 1. The molecule has 8 heteroatoms. The van der Waals surface area contributed by atoms with Gasteiger partial charge in [0.25, 0.3) is 10.2 Å². The number of hydrogen-bond donors (Lipinski definition) is 1. The lowest BCUT2D eigenvalue weighted by Gasteiger charge is -2.49. The van der Waals surface area contributed by atoms with Crippen molar-refractivity contribution in [2.45, 2.75) is 45.3 Å². The fourth-order valence-electron chi connectivity index (χ4n) is 2.73. The summed E-state index contributed by atoms with van der Waals surface area (Å²) in [5.74, 6) is -0.499. The summed E-state index contributed by atoms with van der Waals surface area (Å²) >= 11 is 0. The zero-order chi connectivity index (χ0) is 15.8. The number of rotatable bonds is 5. The molecule has 0 aliphatic carbocycles. The van der Waals surface area contributed by atoms with Gasteiger partial charge in [0.1, 0.15) is 6.04 Å². The number of aliphatic hydroxyl groups is 1. The average Bonchev–Trinajstić information content (AvgIpc) is 2.84. The van der Waals surface area contributed by atoms with Crippen molar-refractivity contribution in [1.82, 2.24) is 8.61 Å². The quantitative estimate of drug-likeness (QED) is 0.718. The fraction of sp³-hybridized carbons (Fsp3) is 0.923. The van der Waals surface area contributed by atoms with Crippen LogP contribution in [0.25, 0.3) is 0 Å². The minimum absolute atomic E-state index is 0.0108. The van der Waals surface area contributed by atoms with Crippen molar-refractivity contribution in [2.24, 2.45) is 5.92 Å². The molecular weight excluding hydrogens is 296 g/mol. The van der Waals surface area contributed by atoms with E-state index in [-0.39, 0.29) is 25.6 Å². The van der Waals surface area contributed by atoms with E-state index in [0.29, 0.717) is 19.4 Å². The Morgan fingerprint density at radius 1 is 1.43 bits per heavy atom. The summed E-state index contributed by atoms with van der Waals surface area (Å²) in [6, 6.07) is -0.734. The highest BCUT2D eigenvalue weighted by Crippen LogP contribution is 2.34. The Morgan fingerprint density at radius 2 is 2.05 bits per heavy atom. The Bertz CT molecular complexity index is 499. The smallest absolute Gasteiger partial charge is 0.324 e. The summed E-state index contributed by atoms with van der Waals surface area (Å²) in [5.41, 5.74) is -0.966. The molecule has 2 fully saturated rings. The monoisotopic (exact) mass is 320 g/mol. The molecule has 0 aromatic carbocycles. The molecule has 2 saturated heterocycles. The van der Waals surface area contributed by atoms with E-state index in [0.717, 1.165) is 0 Å². The van der Waals surface area contributed by atoms with E-state index in [1.165, 1.54) is 8.61 Å². The number of β-amino-alcohol motifs (C(OH)–C–C–N with tert-alkyl or cyclic N) is 1. The zero-order valence-corrected chi connectivity index (χ0v) is 13.6. The number of carbonyl (C=O) groups excluding carboxylic acids is 1. The lowest BCUT2D eigenvalue weighted by molar-refractivity contribution is -0.147. The SMILES string of the molecule is CCOC(=O)C1CCCN1S(=O)(=O)N1CC(O)(C(C)C)C1. The van der Waals surface area contributed by atoms with Crippen molar-refractivity contribution in [3.05, 3.63) is 0 Å². The van der Waals surface area contributed by atoms with Crippen LogP contribution in [0.1, 0.15) is 33.6 Å². The summed E-state index contributed by atoms with van der Waals surface area (Å²) in [5, 5.41) is 10.2. The van der Waals surface area contributed by atoms with Gasteiger partial charge in [0.2, 0.25) is 0 Å². The van der Waals surface area contributed by atoms with E-state index < -0.39 is 27.8 Å². The van der Waals surface area contributed by atoms with E-state index in [4.69, 9.17) is 4.74 Å². The molecule has 0 bridgehead atoms. The van der Waals surface area contributed by atoms with Crippen LogP contribution in [0.15, 0.2) is 0 Å². The van der Waals surface area contributed by atoms with E-state index >= 15 is 0 Å². The van der Waals surface area contributed by atoms with Crippen molar-refractivity contribution in [3.8, 4) is 0 Å². The van der Waals surface area contributed by atoms with Crippen LogP contribution in [0.5, 0.6) is 0 Å². The molecule has 2 aliphatic rings. The van der Waals surface area contributed by atoms with Gasteiger partial charge in [-0.25, -0.2) is 0 Å². The summed E-state index contributed by atoms with van der Waals surface area (Å²) in [4.78, 5) is 11.9. The van der Waals surface area contributed by atoms with Crippen molar-refractivity contribution in [1.29, 1.82) is 0 Å². The summed E-state index contributed by atoms with van der Waals surface area (Å²) in [7, 11) is -3.71. The molecule has 0 spiro atoms. The van der Waals surface area contributed by atoms with Crippen LogP contribution in [0.2, 0.25) is 0 Å². The predicted molar refractivity (Wildman–Crippen MR) is 76.6 cm³/mol. The van der Waals surface area contributed by atoms with E-state index in [9.17, 15) is 18.3 Å². The van der Waals surface area contributed by atoms with Gasteiger partial charge in [-0.15, -0.1) is 0 Å². The van der Waals surface area contributed by atoms with Crippen LogP contribution in [0.3, 0.4) is 0 Å². The minimum Gasteiger partial charge on any atom is -0.465 e. The molecule has 1 unspecified atom stereocenters. The number of carbonyl (C=O) groups is 1. The van der Waals surface area contributed by atoms with Crippen LogP contribution >= 0.6 is 0 Å². The third kappa shape index (κ3) is 2.94. The molecular formula is C13H24N2O5S. The fourth-order valence-corrected chi connectivity index (χ4v) is 4.67. The Hall–Kier alpha value is -0.700. The van der Waals surface area contributed by atoms with Gasteiger partial charge < -0.3 is 9.84 Å². The maximum absolute atomic E-state index is 12.6. The van der Waals surface area contributed by atoms with Gasteiger partial charge in [-0.3, -0.25) is 4.79 Å². The number of ether oxygens (including phenoxy) is 1. The van der Waals surface area contributed by atoms with Gasteiger partial charge in [-0.1, -0.05) is 13.8 Å². The number of hydrogen-bond acceptors (Lipinski definition) is 5. The third-order valence-corrected chi connectivity index (χ3v) is 6.30. The van der Waals surface area contributed by atoms with E-state index in [2.05, 4.69) is 0 Å². The lowest BCUT2D eigenvalue weighted by atomic mass is 9.85. The van der Waals surface area contributed by atoms with E-state index in [1.54, 1.807) is 6.92 Å². The Morgan fingerprint density at radius 3 is 2.57 bits per heavy atom. The molecule has 0 amide bonds. The largest absolute Gasteiger partial charge is 0.465 e. The van der Waals surface area contributed by atoms with Gasteiger partial charge >= 0.3 is 5.97 Å². The van der Waals surface area contributed by atoms with Gasteiger partial charge in [-0.05, 0) is 25.7 Å². The predicted octanol–water partition coefficient (Wildman–Crippen LogP) is -0.0386. The highest BCUT2D eigenvalue weighted by molar-refractivity contribution is 7.86. The summed E-state index contributed by atoms with van der Waals surface area (Å²) in [6.45, 7) is 6.15. The molecule has 0 aromatic heterocycles. The minimum atomic E-state index is -3.71. The van der Waals surface area contributed by atoms with Crippen LogP contribution < -0.4 is 0 Å². The molecule has 1 N–H and O–H groups in total. The molecule has 7 nitrogen and oxygen atoms in total. The second-order valence-electron chi connectivity index (χ2n) is 6.05. The van der Waals surface area contributed by atoms with Crippen molar-refractivity contribution in [2.75, 3.05) is 26.2 Å². The van der Waals surface area contributed by atoms with Gasteiger partial charge in [-0.2, -0.15) is 17.0 Å². The molecule has 2 rings (SSSR count). The molecule has 2 aliphatic heterocycles. The summed E-state index contributed by atoms with van der Waals surface area (Å²) < 4.78 is 32.6. The van der Waals surface area contributed by atoms with Gasteiger partial charge in [0, 0.05) is 19.6 Å². The molecule has 0 radical (unpaired) electrons. The lowest BCUT2D eigenvalue weighted by Crippen LogP contribution is -2.68. The van der Waals surface area contributed by atoms with Crippen molar-refractivity contribution in [3.63, 3.8) is 0 Å². The number of nitrogens with zero attached hydrogens (tertiary/aromatic N) is 2. The van der Waals surface area contributed by atoms with E-state index in [1.807, 2.05) is 13.8 Å². The molecule has 0 aromatic rings. The van der Waals surface area contributed by atoms with Crippen LogP contribution in [-0.4, -0.2) is 66.0 Å². The first-order valence-electron chi connectivity index (χ1n) is 7.38. The van der Waals surface area contributed by atoms with Gasteiger partial charge in [0.15, 0.2) is 0 Å². The average molecular weight is 320 g/mol. The van der Waals surface area contributed by atoms with Crippen LogP contribution in [0.4, 0.5) is 0 Å². The standard InChI is InChI=1S/C13H24N2O5S/c1-4-20-12(16)11-6-5-7-15(11)21(18,19)14-8-13(17,9-14)10(2)3/h10-11,17H,4-9H2,1-3H3. The first-order chi connectivity index (χ1) is 9.72. The molecule has 1 atom stereocenters. The molecule has 122 valence electrons. The Balaban J connectivity index is 2.08. The highest BCUT2D eigenvalue weighted by atomic mass is 32.2. The first-order valence-corrected chi connectivity index (χ1v) is 8.78. The van der Waals surface area contributed by atoms with Crippen molar-refractivity contribution < 1.29 is 23.1 Å². The highest BCUT2D eigenvalue weighted by Gasteiger charge is 2.52. The second kappa shape index (κ2) is 5.83. The van der Waals surface area contributed by atoms with Gasteiger partial charge in [0.05, 0.1) is 12.2 Å². The third-order valence-electron chi connectivity index (χ3n) is 4.36. The Kier molecular flexibility index (Phi) is 4.63. The Labute approximate surface area is 126 Å². The maximum atomic E-state index is 12.6. The maximum Gasteiger partial charge on any atom is 0.324 e. The normalized spacial score (nSPS) is 26.8. The van der Waals surface area contributed by atoms with Crippen LogP contribution in [0, 0.1) is 5.92 Å². The first kappa shape index (κ1) is 16.7. The molecule has 0 saturated carbocycles. The zero-order valence-electron chi connectivity index (χ0n) is 12.8. The molecule has 2 heterocycles. The summed E-state index contributed by atoms with van der Waals surface area (Å²) in [6.07, 6.45) is 1.13. The van der Waals surface area contributed by atoms with Crippen LogP contribution in [-0.2, 0) is 19.7 Å². The topological polar surface area (TPSA) is 87.2 Å². The molecule has 21 heavy (non-hydrogen) atoms.